The predicted molar refractivity (Wildman–Crippen MR) is 74.3 cm³/mol. The Morgan fingerprint density at radius 1 is 1.43 bits per heavy atom. The maximum atomic E-state index is 13.4. The lowest BCUT2D eigenvalue weighted by Gasteiger charge is -2.24. The number of sulfonamides is 1. The minimum absolute atomic E-state index is 0.0137. The van der Waals surface area contributed by atoms with Gasteiger partial charge in [0.15, 0.2) is 0 Å². The molecule has 0 radical (unpaired) electrons. The van der Waals surface area contributed by atoms with E-state index >= 15 is 0 Å². The van der Waals surface area contributed by atoms with Crippen molar-refractivity contribution in [3.05, 3.63) is 29.6 Å². The highest BCUT2D eigenvalue weighted by Gasteiger charge is 2.46. The molecule has 2 saturated heterocycles. The molecule has 1 aromatic carbocycles. The van der Waals surface area contributed by atoms with E-state index in [4.69, 9.17) is 5.26 Å². The van der Waals surface area contributed by atoms with Gasteiger partial charge in [0.25, 0.3) is 0 Å². The Morgan fingerprint density at radius 3 is 2.86 bits per heavy atom. The Kier molecular flexibility index (Phi) is 3.48. The summed E-state index contributed by atoms with van der Waals surface area (Å²) in [5.74, 6) is -0.0617. The third kappa shape index (κ3) is 2.24. The molecule has 5 nitrogen and oxygen atoms in total. The minimum atomic E-state index is -3.69. The molecule has 0 saturated carbocycles. The van der Waals surface area contributed by atoms with Gasteiger partial charge in [-0.1, -0.05) is 0 Å². The summed E-state index contributed by atoms with van der Waals surface area (Å²) in [6.07, 6.45) is 0. The van der Waals surface area contributed by atoms with Crippen LogP contribution in [0.1, 0.15) is 12.5 Å². The zero-order valence-electron chi connectivity index (χ0n) is 11.6. The van der Waals surface area contributed by atoms with Gasteiger partial charge in [0.1, 0.15) is 11.9 Å². The maximum Gasteiger partial charge on any atom is 0.243 e. The van der Waals surface area contributed by atoms with Gasteiger partial charge in [-0.2, -0.15) is 9.57 Å². The SMILES string of the molecule is CC1C2CNCC2CN1S(=O)(=O)c1ccc(F)c(C#N)c1. The first-order valence-corrected chi connectivity index (χ1v) is 8.31. The number of nitrogens with one attached hydrogen (secondary N) is 1. The number of rotatable bonds is 2. The van der Waals surface area contributed by atoms with Crippen molar-refractivity contribution in [2.24, 2.45) is 11.8 Å². The van der Waals surface area contributed by atoms with Gasteiger partial charge in [0.05, 0.1) is 10.5 Å². The van der Waals surface area contributed by atoms with Crippen molar-refractivity contribution in [2.45, 2.75) is 17.9 Å². The van der Waals surface area contributed by atoms with Crippen LogP contribution in [0.2, 0.25) is 0 Å². The van der Waals surface area contributed by atoms with Crippen LogP contribution in [0.5, 0.6) is 0 Å². The molecule has 0 amide bonds. The maximum absolute atomic E-state index is 13.4. The lowest BCUT2D eigenvalue weighted by molar-refractivity contribution is 0.360. The fraction of sp³-hybridized carbons (Fsp3) is 0.500. The first kappa shape index (κ1) is 14.4. The molecule has 0 bridgehead atoms. The van der Waals surface area contributed by atoms with E-state index in [0.717, 1.165) is 25.2 Å². The zero-order chi connectivity index (χ0) is 15.2. The second-order valence-corrected chi connectivity index (χ2v) is 7.54. The topological polar surface area (TPSA) is 73.2 Å². The minimum Gasteiger partial charge on any atom is -0.316 e. The van der Waals surface area contributed by atoms with Crippen molar-refractivity contribution < 1.29 is 12.8 Å². The summed E-state index contributed by atoms with van der Waals surface area (Å²) < 4.78 is 40.3. The molecule has 0 aromatic heterocycles. The van der Waals surface area contributed by atoms with E-state index in [-0.39, 0.29) is 16.5 Å². The molecule has 0 spiro atoms. The summed E-state index contributed by atoms with van der Waals surface area (Å²) >= 11 is 0. The predicted octanol–water partition coefficient (Wildman–Crippen LogP) is 0.926. The first-order valence-electron chi connectivity index (χ1n) is 6.87. The van der Waals surface area contributed by atoms with Gasteiger partial charge in [-0.3, -0.25) is 0 Å². The van der Waals surface area contributed by atoms with Crippen molar-refractivity contribution in [3.63, 3.8) is 0 Å². The fourth-order valence-corrected chi connectivity index (χ4v) is 5.09. The van der Waals surface area contributed by atoms with Crippen molar-refractivity contribution in [3.8, 4) is 6.07 Å². The largest absolute Gasteiger partial charge is 0.316 e. The number of benzene rings is 1. The molecule has 3 rings (SSSR count). The lowest BCUT2D eigenvalue weighted by atomic mass is 9.95. The van der Waals surface area contributed by atoms with Crippen molar-refractivity contribution in [2.75, 3.05) is 19.6 Å². The van der Waals surface area contributed by atoms with Crippen LogP contribution in [0.3, 0.4) is 0 Å². The summed E-state index contributed by atoms with van der Waals surface area (Å²) in [7, 11) is -3.69. The molecule has 3 atom stereocenters. The van der Waals surface area contributed by atoms with Crippen LogP contribution < -0.4 is 5.32 Å². The van der Waals surface area contributed by atoms with Crippen LogP contribution in [0, 0.1) is 29.0 Å². The Hall–Kier alpha value is -1.49. The summed E-state index contributed by atoms with van der Waals surface area (Å²) in [6.45, 7) is 4.03. The fourth-order valence-electron chi connectivity index (χ4n) is 3.33. The molecule has 2 aliphatic heterocycles. The summed E-state index contributed by atoms with van der Waals surface area (Å²) in [5, 5.41) is 12.1. The quantitative estimate of drug-likeness (QED) is 0.882. The second-order valence-electron chi connectivity index (χ2n) is 5.65. The Morgan fingerprint density at radius 2 is 2.19 bits per heavy atom. The van der Waals surface area contributed by atoms with E-state index in [9.17, 15) is 12.8 Å². The van der Waals surface area contributed by atoms with E-state index in [1.54, 1.807) is 6.07 Å². The molecule has 3 unspecified atom stereocenters. The number of hydrogen-bond donors (Lipinski definition) is 1. The van der Waals surface area contributed by atoms with E-state index in [0.29, 0.717) is 18.4 Å². The Bertz CT molecular complexity index is 713. The van der Waals surface area contributed by atoms with Crippen molar-refractivity contribution in [1.82, 2.24) is 9.62 Å². The number of fused-ring (bicyclic) bond motifs is 1. The van der Waals surface area contributed by atoms with Gasteiger partial charge in [-0.25, -0.2) is 12.8 Å². The second kappa shape index (κ2) is 5.05. The smallest absolute Gasteiger partial charge is 0.243 e. The van der Waals surface area contributed by atoms with E-state index in [1.165, 1.54) is 10.4 Å². The molecule has 21 heavy (non-hydrogen) atoms. The molecule has 2 aliphatic rings. The van der Waals surface area contributed by atoms with Crippen LogP contribution in [0.25, 0.3) is 0 Å². The van der Waals surface area contributed by atoms with Crippen LogP contribution in [0.4, 0.5) is 4.39 Å². The summed E-state index contributed by atoms with van der Waals surface area (Å²) in [5.41, 5.74) is -0.246. The van der Waals surface area contributed by atoms with Gasteiger partial charge >= 0.3 is 0 Å². The first-order chi connectivity index (χ1) is 9.95. The van der Waals surface area contributed by atoms with Crippen LogP contribution in [-0.2, 0) is 10.0 Å². The average Bonchev–Trinajstić information content (AvgIpc) is 3.03. The number of nitrogens with zero attached hydrogens (tertiary/aromatic N) is 2. The molecular formula is C14H16FN3O2S. The van der Waals surface area contributed by atoms with Gasteiger partial charge in [-0.05, 0) is 50.0 Å². The normalized spacial score (nSPS) is 29.3. The van der Waals surface area contributed by atoms with E-state index in [2.05, 4.69) is 5.32 Å². The molecule has 0 aliphatic carbocycles. The summed E-state index contributed by atoms with van der Waals surface area (Å²) in [4.78, 5) is -0.0137. The molecule has 2 fully saturated rings. The Balaban J connectivity index is 1.96. The van der Waals surface area contributed by atoms with Gasteiger partial charge in [0, 0.05) is 12.6 Å². The molecule has 1 N–H and O–H groups in total. The highest BCUT2D eigenvalue weighted by molar-refractivity contribution is 7.89. The molecule has 1 aromatic rings. The summed E-state index contributed by atoms with van der Waals surface area (Å²) in [6, 6.07) is 4.97. The van der Waals surface area contributed by atoms with Crippen LogP contribution in [-0.4, -0.2) is 38.4 Å². The van der Waals surface area contributed by atoms with Gasteiger partial charge < -0.3 is 5.32 Å². The lowest BCUT2D eigenvalue weighted by Crippen LogP contribution is -2.38. The van der Waals surface area contributed by atoms with Crippen LogP contribution >= 0.6 is 0 Å². The van der Waals surface area contributed by atoms with Crippen molar-refractivity contribution in [1.29, 1.82) is 5.26 Å². The molecule has 112 valence electrons. The highest BCUT2D eigenvalue weighted by Crippen LogP contribution is 2.36. The zero-order valence-corrected chi connectivity index (χ0v) is 12.4. The van der Waals surface area contributed by atoms with Crippen molar-refractivity contribution >= 4 is 10.0 Å². The monoisotopic (exact) mass is 309 g/mol. The van der Waals surface area contributed by atoms with Gasteiger partial charge in [0.2, 0.25) is 10.0 Å². The number of hydrogen-bond acceptors (Lipinski definition) is 4. The molecule has 7 heteroatoms. The van der Waals surface area contributed by atoms with E-state index < -0.39 is 15.8 Å². The van der Waals surface area contributed by atoms with Gasteiger partial charge in [-0.15, -0.1) is 0 Å². The van der Waals surface area contributed by atoms with Crippen LogP contribution in [0.15, 0.2) is 23.1 Å². The third-order valence-corrected chi connectivity index (χ3v) is 6.49. The standard InChI is InChI=1S/C14H16FN3O2S/c1-9-13-7-17-6-11(13)8-18(9)21(19,20)12-2-3-14(15)10(4-12)5-16/h2-4,9,11,13,17H,6-8H2,1H3. The highest BCUT2D eigenvalue weighted by atomic mass is 32.2. The Labute approximate surface area is 123 Å². The average molecular weight is 309 g/mol. The number of nitriles is 1. The van der Waals surface area contributed by atoms with E-state index in [1.807, 2.05) is 6.92 Å². The molecule has 2 heterocycles. The third-order valence-electron chi connectivity index (χ3n) is 4.55. The number of halogens is 1. The molecular weight excluding hydrogens is 293 g/mol.